The van der Waals surface area contributed by atoms with Crippen LogP contribution in [0.4, 0.5) is 5.69 Å². The molecule has 0 saturated heterocycles. The number of aliphatic imine (C=N–C) groups is 1. The molecule has 19 heavy (non-hydrogen) atoms. The molecule has 0 aromatic heterocycles. The Bertz CT molecular complexity index is 451. The highest BCUT2D eigenvalue weighted by atomic mass is 14.9. The van der Waals surface area contributed by atoms with Crippen LogP contribution >= 0.6 is 0 Å². The highest BCUT2D eigenvalue weighted by Crippen LogP contribution is 2.29. The van der Waals surface area contributed by atoms with Crippen LogP contribution in [0, 0.1) is 5.92 Å². The molecule has 2 nitrogen and oxygen atoms in total. The van der Waals surface area contributed by atoms with Gasteiger partial charge < -0.3 is 5.32 Å². The van der Waals surface area contributed by atoms with E-state index >= 15 is 0 Å². The van der Waals surface area contributed by atoms with Crippen molar-refractivity contribution in [3.8, 4) is 0 Å². The molecule has 2 heteroatoms. The Morgan fingerprint density at radius 1 is 1.16 bits per heavy atom. The van der Waals surface area contributed by atoms with Crippen LogP contribution in [0.1, 0.15) is 44.6 Å². The molecular formula is C17H24N2. The van der Waals surface area contributed by atoms with E-state index in [1.807, 2.05) is 14.0 Å². The predicted octanol–water partition coefficient (Wildman–Crippen LogP) is 4.63. The van der Waals surface area contributed by atoms with Crippen LogP contribution in [0.5, 0.6) is 0 Å². The first-order chi connectivity index (χ1) is 9.20. The van der Waals surface area contributed by atoms with Gasteiger partial charge in [0.15, 0.2) is 0 Å². The summed E-state index contributed by atoms with van der Waals surface area (Å²) in [6.45, 7) is 6.24. The molecule has 0 bridgehead atoms. The summed E-state index contributed by atoms with van der Waals surface area (Å²) in [5.41, 5.74) is 4.55. The van der Waals surface area contributed by atoms with Gasteiger partial charge in [-0.05, 0) is 43.4 Å². The lowest BCUT2D eigenvalue weighted by molar-refractivity contribution is 0.405. The summed E-state index contributed by atoms with van der Waals surface area (Å²) in [6.07, 6.45) is 6.64. The van der Waals surface area contributed by atoms with Crippen molar-refractivity contribution in [2.24, 2.45) is 10.9 Å². The smallest absolute Gasteiger partial charge is 0.0386 e. The molecule has 2 rings (SSSR count). The predicted molar refractivity (Wildman–Crippen MR) is 83.9 cm³/mol. The second kappa shape index (κ2) is 6.55. The lowest BCUT2D eigenvalue weighted by Gasteiger charge is -2.24. The lowest BCUT2D eigenvalue weighted by atomic mass is 9.87. The molecule has 1 N–H and O–H groups in total. The van der Waals surface area contributed by atoms with E-state index < -0.39 is 0 Å². The Kier molecular flexibility index (Phi) is 4.78. The van der Waals surface area contributed by atoms with Crippen LogP contribution in [-0.4, -0.2) is 12.8 Å². The van der Waals surface area contributed by atoms with Crippen molar-refractivity contribution in [2.45, 2.75) is 39.0 Å². The van der Waals surface area contributed by atoms with Gasteiger partial charge in [-0.15, -0.1) is 0 Å². The Morgan fingerprint density at radius 2 is 1.79 bits per heavy atom. The Morgan fingerprint density at radius 3 is 2.37 bits per heavy atom. The quantitative estimate of drug-likeness (QED) is 0.780. The molecule has 1 aliphatic rings. The number of nitrogens with one attached hydrogen (secondary N) is 1. The van der Waals surface area contributed by atoms with Crippen LogP contribution < -0.4 is 5.32 Å². The first-order valence-corrected chi connectivity index (χ1v) is 7.20. The van der Waals surface area contributed by atoms with E-state index in [9.17, 15) is 0 Å². The molecule has 0 heterocycles. The van der Waals surface area contributed by atoms with Gasteiger partial charge in [0.2, 0.25) is 0 Å². The molecule has 0 atom stereocenters. The summed E-state index contributed by atoms with van der Waals surface area (Å²) < 4.78 is 0. The molecular weight excluding hydrogens is 232 g/mol. The van der Waals surface area contributed by atoms with Crippen molar-refractivity contribution in [3.05, 3.63) is 42.1 Å². The number of allylic oxidation sites excluding steroid dienone is 1. The van der Waals surface area contributed by atoms with Gasteiger partial charge in [-0.25, -0.2) is 0 Å². The minimum atomic E-state index is 0.646. The zero-order chi connectivity index (χ0) is 13.7. The summed E-state index contributed by atoms with van der Waals surface area (Å²) in [5.74, 6) is 0.646. The van der Waals surface area contributed by atoms with Crippen molar-refractivity contribution in [1.82, 2.24) is 0 Å². The minimum absolute atomic E-state index is 0.646. The number of rotatable bonds is 4. The molecule has 0 unspecified atom stereocenters. The monoisotopic (exact) mass is 256 g/mol. The number of benzene rings is 1. The third kappa shape index (κ3) is 3.69. The molecule has 1 aliphatic carbocycles. The molecule has 0 radical (unpaired) electrons. The highest BCUT2D eigenvalue weighted by Gasteiger charge is 2.16. The first-order valence-electron chi connectivity index (χ1n) is 7.20. The average molecular weight is 256 g/mol. The Labute approximate surface area is 116 Å². The maximum atomic E-state index is 4.21. The molecule has 102 valence electrons. The van der Waals surface area contributed by atoms with Crippen molar-refractivity contribution >= 4 is 11.4 Å². The summed E-state index contributed by atoms with van der Waals surface area (Å²) >= 11 is 0. The molecule has 0 spiro atoms. The first kappa shape index (κ1) is 13.9. The number of hydrogen-bond donors (Lipinski definition) is 1. The van der Waals surface area contributed by atoms with Gasteiger partial charge in [0.05, 0.1) is 0 Å². The topological polar surface area (TPSA) is 24.4 Å². The van der Waals surface area contributed by atoms with E-state index in [1.54, 1.807) is 0 Å². The largest absolute Gasteiger partial charge is 0.359 e. The number of hydrogen-bond acceptors (Lipinski definition) is 2. The molecule has 0 aliphatic heterocycles. The zero-order valence-corrected chi connectivity index (χ0v) is 12.1. The van der Waals surface area contributed by atoms with Crippen LogP contribution in [0.25, 0.3) is 0 Å². The highest BCUT2D eigenvalue weighted by molar-refractivity contribution is 5.98. The summed E-state index contributed by atoms with van der Waals surface area (Å²) in [7, 11) is 1.83. The van der Waals surface area contributed by atoms with Crippen molar-refractivity contribution in [1.29, 1.82) is 0 Å². The fourth-order valence-electron chi connectivity index (χ4n) is 2.66. The maximum absolute atomic E-state index is 4.21. The average Bonchev–Trinajstić information content (AvgIpc) is 2.48. The fourth-order valence-corrected chi connectivity index (χ4v) is 2.66. The number of anilines is 1. The fraction of sp³-hybridized carbons (Fsp3) is 0.471. The van der Waals surface area contributed by atoms with Gasteiger partial charge in [-0.3, -0.25) is 4.99 Å². The van der Waals surface area contributed by atoms with Crippen molar-refractivity contribution in [3.63, 3.8) is 0 Å². The maximum Gasteiger partial charge on any atom is 0.0386 e. The molecule has 1 aromatic carbocycles. The van der Waals surface area contributed by atoms with Crippen LogP contribution in [0.15, 0.2) is 41.5 Å². The van der Waals surface area contributed by atoms with Gasteiger partial charge in [-0.1, -0.05) is 38.0 Å². The normalized spacial score (nSPS) is 17.3. The van der Waals surface area contributed by atoms with E-state index in [2.05, 4.69) is 41.2 Å². The van der Waals surface area contributed by atoms with Gasteiger partial charge in [0.1, 0.15) is 0 Å². The van der Waals surface area contributed by atoms with Crippen LogP contribution in [-0.2, 0) is 0 Å². The summed E-state index contributed by atoms with van der Waals surface area (Å²) in [6, 6.07) is 8.44. The second-order valence-electron chi connectivity index (χ2n) is 5.37. The standard InChI is InChI=1S/C17H24N2/c1-13(18-3)16-9-11-17(12-10-16)19-14(2)15-7-5-4-6-8-15/h9-12,15,19H,2,4-8H2,1,3H3. The molecule has 1 aromatic rings. The second-order valence-corrected chi connectivity index (χ2v) is 5.37. The molecule has 1 fully saturated rings. The van der Waals surface area contributed by atoms with Gasteiger partial charge in [0, 0.05) is 24.1 Å². The van der Waals surface area contributed by atoms with Crippen LogP contribution in [0.2, 0.25) is 0 Å². The number of nitrogens with zero attached hydrogens (tertiary/aromatic N) is 1. The van der Waals surface area contributed by atoms with Gasteiger partial charge in [0.25, 0.3) is 0 Å². The van der Waals surface area contributed by atoms with Crippen molar-refractivity contribution < 1.29 is 0 Å². The summed E-state index contributed by atoms with van der Waals surface area (Å²) in [4.78, 5) is 4.20. The van der Waals surface area contributed by atoms with Gasteiger partial charge >= 0.3 is 0 Å². The van der Waals surface area contributed by atoms with E-state index in [0.717, 1.165) is 11.4 Å². The van der Waals surface area contributed by atoms with E-state index in [1.165, 1.54) is 43.4 Å². The van der Waals surface area contributed by atoms with E-state index in [4.69, 9.17) is 0 Å². The third-order valence-electron chi connectivity index (χ3n) is 4.04. The third-order valence-corrected chi connectivity index (χ3v) is 4.04. The summed E-state index contributed by atoms with van der Waals surface area (Å²) in [5, 5.41) is 3.46. The molecule has 1 saturated carbocycles. The van der Waals surface area contributed by atoms with E-state index in [-0.39, 0.29) is 0 Å². The Balaban J connectivity index is 1.97. The van der Waals surface area contributed by atoms with Crippen LogP contribution in [0.3, 0.4) is 0 Å². The SMILES string of the molecule is C=C(Nc1ccc(C(C)=NC)cc1)C1CCCCC1. The van der Waals surface area contributed by atoms with E-state index in [0.29, 0.717) is 5.92 Å². The molecule has 0 amide bonds. The lowest BCUT2D eigenvalue weighted by Crippen LogP contribution is -2.14. The Hall–Kier alpha value is -1.57. The minimum Gasteiger partial charge on any atom is -0.359 e. The van der Waals surface area contributed by atoms with Gasteiger partial charge in [-0.2, -0.15) is 0 Å². The zero-order valence-electron chi connectivity index (χ0n) is 12.1. The van der Waals surface area contributed by atoms with Crippen molar-refractivity contribution in [2.75, 3.05) is 12.4 Å².